The van der Waals surface area contributed by atoms with Gasteiger partial charge in [-0.15, -0.1) is 11.3 Å². The molecule has 0 amide bonds. The Labute approximate surface area is 187 Å². The van der Waals surface area contributed by atoms with Crippen LogP contribution in [0.2, 0.25) is 0 Å². The van der Waals surface area contributed by atoms with Crippen molar-refractivity contribution in [1.82, 2.24) is 4.98 Å². The average molecular weight is 465 g/mol. The lowest BCUT2D eigenvalue weighted by molar-refractivity contribution is -0.162. The fraction of sp³-hybridized carbons (Fsp3) is 0.304. The molecule has 0 aliphatic rings. The van der Waals surface area contributed by atoms with Gasteiger partial charge < -0.3 is 14.6 Å². The van der Waals surface area contributed by atoms with Crippen LogP contribution in [0, 0.1) is 6.92 Å². The maximum absolute atomic E-state index is 12.8. The Hall–Kier alpha value is -2.91. The molecule has 0 aliphatic heterocycles. The summed E-state index contributed by atoms with van der Waals surface area (Å²) in [6, 6.07) is 12.1. The number of hydrogen-bond acceptors (Lipinski definition) is 5. The zero-order valence-electron chi connectivity index (χ0n) is 17.7. The van der Waals surface area contributed by atoms with Crippen molar-refractivity contribution in [3.05, 3.63) is 70.2 Å². The minimum Gasteiger partial charge on any atom is -0.488 e. The molecule has 0 fully saturated rings. The first kappa shape index (κ1) is 23.7. The Morgan fingerprint density at radius 3 is 2.41 bits per heavy atom. The van der Waals surface area contributed by atoms with Gasteiger partial charge in [-0.1, -0.05) is 24.3 Å². The molecule has 3 aromatic rings. The van der Waals surface area contributed by atoms with Crippen LogP contribution >= 0.6 is 11.3 Å². The smallest absolute Gasteiger partial charge is 0.416 e. The third-order valence-corrected chi connectivity index (χ3v) is 5.91. The number of carbonyl (C=O) groups is 1. The molecular weight excluding hydrogens is 443 g/mol. The minimum atomic E-state index is -4.38. The second kappa shape index (κ2) is 9.30. The normalized spacial score (nSPS) is 12.1. The van der Waals surface area contributed by atoms with E-state index < -0.39 is 23.3 Å². The van der Waals surface area contributed by atoms with E-state index >= 15 is 0 Å². The standard InChI is InChI=1S/C23H22F3NO4S/c1-14-19(32-20(27-14)16-7-9-17(10-8-16)23(24,25)26)13-30-18-6-4-5-15(11-18)12-31-22(2,3)21(28)29/h4-11H,12-13H2,1-3H3,(H,28,29). The fourth-order valence-electron chi connectivity index (χ4n) is 2.69. The van der Waals surface area contributed by atoms with Crippen molar-refractivity contribution in [1.29, 1.82) is 0 Å². The van der Waals surface area contributed by atoms with Crippen molar-refractivity contribution < 1.29 is 32.5 Å². The van der Waals surface area contributed by atoms with Gasteiger partial charge in [0.05, 0.1) is 22.7 Å². The SMILES string of the molecule is Cc1nc(-c2ccc(C(F)(F)F)cc2)sc1COc1cccc(COC(C)(C)C(=O)O)c1. The predicted octanol–water partition coefficient (Wildman–Crippen LogP) is 6.10. The van der Waals surface area contributed by atoms with Crippen LogP contribution in [0.1, 0.15) is 35.5 Å². The highest BCUT2D eigenvalue weighted by atomic mass is 32.1. The number of halogens is 3. The van der Waals surface area contributed by atoms with E-state index in [1.54, 1.807) is 18.2 Å². The molecule has 3 rings (SSSR count). The van der Waals surface area contributed by atoms with Gasteiger partial charge in [0.15, 0.2) is 5.60 Å². The lowest BCUT2D eigenvalue weighted by Crippen LogP contribution is -2.34. The Balaban J connectivity index is 1.66. The molecule has 0 radical (unpaired) electrons. The molecule has 0 unspecified atom stereocenters. The van der Waals surface area contributed by atoms with Gasteiger partial charge in [0.2, 0.25) is 0 Å². The molecule has 1 aromatic heterocycles. The van der Waals surface area contributed by atoms with Crippen molar-refractivity contribution in [2.75, 3.05) is 0 Å². The molecule has 0 bridgehead atoms. The molecule has 5 nitrogen and oxygen atoms in total. The van der Waals surface area contributed by atoms with E-state index in [0.717, 1.165) is 28.3 Å². The van der Waals surface area contributed by atoms with Crippen LogP contribution < -0.4 is 4.74 Å². The Bertz CT molecular complexity index is 1090. The van der Waals surface area contributed by atoms with Gasteiger partial charge in [-0.3, -0.25) is 0 Å². The molecule has 32 heavy (non-hydrogen) atoms. The second-order valence-corrected chi connectivity index (χ2v) is 8.73. The zero-order chi connectivity index (χ0) is 23.5. The molecular formula is C23H22F3NO4S. The van der Waals surface area contributed by atoms with Gasteiger partial charge in [-0.05, 0) is 50.6 Å². The van der Waals surface area contributed by atoms with Crippen molar-refractivity contribution in [3.63, 3.8) is 0 Å². The largest absolute Gasteiger partial charge is 0.488 e. The number of carboxylic acid groups (broad SMARTS) is 1. The maximum Gasteiger partial charge on any atom is 0.416 e. The van der Waals surface area contributed by atoms with Crippen LogP contribution in [0.5, 0.6) is 5.75 Å². The fourth-order valence-corrected chi connectivity index (χ4v) is 3.67. The summed E-state index contributed by atoms with van der Waals surface area (Å²) in [5.74, 6) is -0.461. The van der Waals surface area contributed by atoms with E-state index in [0.29, 0.717) is 16.3 Å². The third-order valence-electron chi connectivity index (χ3n) is 4.73. The lowest BCUT2D eigenvalue weighted by atomic mass is 10.1. The van der Waals surface area contributed by atoms with E-state index in [1.807, 2.05) is 13.0 Å². The number of nitrogens with zero attached hydrogens (tertiary/aromatic N) is 1. The molecule has 1 N–H and O–H groups in total. The molecule has 2 aromatic carbocycles. The molecule has 0 saturated heterocycles. The Kier molecular flexibility index (Phi) is 6.90. The first-order valence-electron chi connectivity index (χ1n) is 9.69. The van der Waals surface area contributed by atoms with Crippen molar-refractivity contribution >= 4 is 17.3 Å². The van der Waals surface area contributed by atoms with Crippen LogP contribution in [0.25, 0.3) is 10.6 Å². The molecule has 9 heteroatoms. The number of hydrogen-bond donors (Lipinski definition) is 1. The molecule has 0 spiro atoms. The maximum atomic E-state index is 12.8. The van der Waals surface area contributed by atoms with Crippen molar-refractivity contribution in [3.8, 4) is 16.3 Å². The summed E-state index contributed by atoms with van der Waals surface area (Å²) < 4.78 is 49.6. The second-order valence-electron chi connectivity index (χ2n) is 7.64. The third kappa shape index (κ3) is 5.86. The van der Waals surface area contributed by atoms with E-state index in [4.69, 9.17) is 14.6 Å². The van der Waals surface area contributed by atoms with E-state index in [9.17, 15) is 18.0 Å². The molecule has 0 aliphatic carbocycles. The summed E-state index contributed by atoms with van der Waals surface area (Å²) in [7, 11) is 0. The van der Waals surface area contributed by atoms with Gasteiger partial charge in [0, 0.05) is 5.56 Å². The summed E-state index contributed by atoms with van der Waals surface area (Å²) in [4.78, 5) is 16.5. The number of aliphatic carboxylic acids is 1. The summed E-state index contributed by atoms with van der Waals surface area (Å²) >= 11 is 1.36. The van der Waals surface area contributed by atoms with Crippen molar-refractivity contribution in [2.24, 2.45) is 0 Å². The molecule has 0 atom stereocenters. The predicted molar refractivity (Wildman–Crippen MR) is 115 cm³/mol. The Morgan fingerprint density at radius 2 is 1.78 bits per heavy atom. The minimum absolute atomic E-state index is 0.119. The number of benzene rings is 2. The van der Waals surface area contributed by atoms with Gasteiger partial charge in [-0.2, -0.15) is 13.2 Å². The highest BCUT2D eigenvalue weighted by Crippen LogP contribution is 2.33. The van der Waals surface area contributed by atoms with Crippen LogP contribution in [0.15, 0.2) is 48.5 Å². The number of aromatic nitrogens is 1. The summed E-state index contributed by atoms with van der Waals surface area (Å²) in [5, 5.41) is 9.76. The van der Waals surface area contributed by atoms with Gasteiger partial charge in [0.1, 0.15) is 17.4 Å². The van der Waals surface area contributed by atoms with Crippen molar-refractivity contribution in [2.45, 2.75) is 45.8 Å². The van der Waals surface area contributed by atoms with Gasteiger partial charge in [-0.25, -0.2) is 9.78 Å². The summed E-state index contributed by atoms with van der Waals surface area (Å²) in [6.45, 7) is 5.15. The first-order chi connectivity index (χ1) is 15.0. The number of thiazole rings is 1. The van der Waals surface area contributed by atoms with E-state index in [1.165, 1.54) is 37.3 Å². The van der Waals surface area contributed by atoms with Crippen LogP contribution in [-0.2, 0) is 28.9 Å². The first-order valence-corrected chi connectivity index (χ1v) is 10.5. The highest BCUT2D eigenvalue weighted by Gasteiger charge is 2.30. The Morgan fingerprint density at radius 1 is 1.09 bits per heavy atom. The van der Waals surface area contributed by atoms with Gasteiger partial charge in [0.25, 0.3) is 0 Å². The number of alkyl halides is 3. The zero-order valence-corrected chi connectivity index (χ0v) is 18.5. The summed E-state index contributed by atoms with van der Waals surface area (Å²) in [6.07, 6.45) is -4.38. The van der Waals surface area contributed by atoms with Gasteiger partial charge >= 0.3 is 12.1 Å². The van der Waals surface area contributed by atoms with Crippen LogP contribution in [0.4, 0.5) is 13.2 Å². The quantitative estimate of drug-likeness (QED) is 0.436. The topological polar surface area (TPSA) is 68.7 Å². The number of ether oxygens (including phenoxy) is 2. The van der Waals surface area contributed by atoms with Crippen LogP contribution in [0.3, 0.4) is 0 Å². The molecule has 0 saturated carbocycles. The molecule has 170 valence electrons. The highest BCUT2D eigenvalue weighted by molar-refractivity contribution is 7.15. The van der Waals surface area contributed by atoms with E-state index in [2.05, 4.69) is 4.98 Å². The number of aryl methyl sites for hydroxylation is 1. The number of rotatable bonds is 8. The average Bonchev–Trinajstić information content (AvgIpc) is 3.11. The lowest BCUT2D eigenvalue weighted by Gasteiger charge is -2.20. The van der Waals surface area contributed by atoms with E-state index in [-0.39, 0.29) is 13.2 Å². The van der Waals surface area contributed by atoms with Crippen LogP contribution in [-0.4, -0.2) is 21.7 Å². The summed E-state index contributed by atoms with van der Waals surface area (Å²) in [5.41, 5.74) is 0.118. The number of carboxylic acids is 1. The molecule has 1 heterocycles. The monoisotopic (exact) mass is 465 g/mol.